The molecule has 1 aliphatic heterocycles. The summed E-state index contributed by atoms with van der Waals surface area (Å²) in [5, 5.41) is 0. The molecule has 1 heterocycles. The molecule has 0 spiro atoms. The Hall–Kier alpha value is -1.06. The number of nitrogens with zero attached hydrogens (tertiary/aromatic N) is 1. The van der Waals surface area contributed by atoms with Crippen LogP contribution in [0, 0.1) is 5.92 Å². The molecule has 0 saturated carbocycles. The van der Waals surface area contributed by atoms with Crippen LogP contribution in [0.2, 0.25) is 0 Å². The third-order valence-electron chi connectivity index (χ3n) is 4.16. The Labute approximate surface area is 129 Å². The lowest BCUT2D eigenvalue weighted by Gasteiger charge is -2.34. The van der Waals surface area contributed by atoms with Crippen molar-refractivity contribution in [1.29, 1.82) is 0 Å². The number of piperidine rings is 1. The van der Waals surface area contributed by atoms with Crippen LogP contribution in [-0.4, -0.2) is 37.2 Å². The minimum atomic E-state index is 0.193. The molecule has 21 heavy (non-hydrogen) atoms. The van der Waals surface area contributed by atoms with E-state index in [9.17, 15) is 0 Å². The Balaban J connectivity index is 1.78. The molecule has 1 aromatic carbocycles. The zero-order valence-corrected chi connectivity index (χ0v) is 13.9. The monoisotopic (exact) mass is 290 g/mol. The van der Waals surface area contributed by atoms with Gasteiger partial charge in [0.05, 0.1) is 0 Å². The van der Waals surface area contributed by atoms with Crippen LogP contribution in [-0.2, 0) is 5.41 Å². The maximum absolute atomic E-state index is 6.07. The van der Waals surface area contributed by atoms with Crippen molar-refractivity contribution in [3.63, 3.8) is 0 Å². The fourth-order valence-corrected chi connectivity index (χ4v) is 3.04. The lowest BCUT2D eigenvalue weighted by atomic mass is 9.87. The molecule has 3 heteroatoms. The molecule has 0 aromatic heterocycles. The summed E-state index contributed by atoms with van der Waals surface area (Å²) in [5.74, 6) is 1.65. The van der Waals surface area contributed by atoms with Crippen molar-refractivity contribution in [1.82, 2.24) is 4.90 Å². The summed E-state index contributed by atoms with van der Waals surface area (Å²) < 4.78 is 5.86. The van der Waals surface area contributed by atoms with Crippen LogP contribution >= 0.6 is 0 Å². The first-order chi connectivity index (χ1) is 9.84. The van der Waals surface area contributed by atoms with Crippen LogP contribution in [0.15, 0.2) is 24.3 Å². The average molecular weight is 290 g/mol. The summed E-state index contributed by atoms with van der Waals surface area (Å²) in [6.45, 7) is 12.8. The van der Waals surface area contributed by atoms with E-state index >= 15 is 0 Å². The smallest absolute Gasteiger partial charge is 0.119 e. The largest absolute Gasteiger partial charge is 0.492 e. The van der Waals surface area contributed by atoms with Crippen molar-refractivity contribution >= 4 is 0 Å². The molecule has 1 fully saturated rings. The fourth-order valence-electron chi connectivity index (χ4n) is 3.04. The molecule has 0 aliphatic carbocycles. The average Bonchev–Trinajstić information content (AvgIpc) is 2.37. The Morgan fingerprint density at radius 3 is 2.43 bits per heavy atom. The van der Waals surface area contributed by atoms with E-state index in [0.29, 0.717) is 12.0 Å². The quantitative estimate of drug-likeness (QED) is 0.926. The highest BCUT2D eigenvalue weighted by molar-refractivity contribution is 5.31. The van der Waals surface area contributed by atoms with Crippen LogP contribution in [0.3, 0.4) is 0 Å². The minimum absolute atomic E-state index is 0.193. The van der Waals surface area contributed by atoms with Gasteiger partial charge in [-0.3, -0.25) is 4.90 Å². The number of ether oxygens (including phenoxy) is 1. The first kappa shape index (κ1) is 16.3. The predicted molar refractivity (Wildman–Crippen MR) is 88.8 cm³/mol. The van der Waals surface area contributed by atoms with E-state index in [-0.39, 0.29) is 5.41 Å². The zero-order valence-electron chi connectivity index (χ0n) is 13.9. The molecule has 2 N–H and O–H groups in total. The highest BCUT2D eigenvalue weighted by Crippen LogP contribution is 2.24. The second kappa shape index (κ2) is 6.80. The van der Waals surface area contributed by atoms with E-state index in [2.05, 4.69) is 56.9 Å². The number of hydrogen-bond donors (Lipinski definition) is 1. The van der Waals surface area contributed by atoms with E-state index < -0.39 is 0 Å². The standard InChI is InChI=1S/C18H30N2O/c1-14-11-16(19)13-20(12-14)9-10-21-17-7-5-15(6-8-17)18(2,3)4/h5-8,14,16H,9-13,19H2,1-4H3. The number of nitrogens with two attached hydrogens (primary N) is 1. The molecule has 1 aliphatic rings. The summed E-state index contributed by atoms with van der Waals surface area (Å²) in [7, 11) is 0. The molecule has 0 bridgehead atoms. The van der Waals surface area contributed by atoms with Crippen LogP contribution in [0.4, 0.5) is 0 Å². The number of rotatable bonds is 4. The van der Waals surface area contributed by atoms with Crippen LogP contribution in [0.5, 0.6) is 5.75 Å². The van der Waals surface area contributed by atoms with Crippen LogP contribution in [0.1, 0.15) is 39.7 Å². The topological polar surface area (TPSA) is 38.5 Å². The molecule has 0 amide bonds. The van der Waals surface area contributed by atoms with Crippen molar-refractivity contribution in [2.75, 3.05) is 26.2 Å². The maximum Gasteiger partial charge on any atom is 0.119 e. The Morgan fingerprint density at radius 1 is 1.19 bits per heavy atom. The summed E-state index contributed by atoms with van der Waals surface area (Å²) in [5.41, 5.74) is 7.60. The first-order valence-corrected chi connectivity index (χ1v) is 8.06. The molecule has 2 rings (SSSR count). The van der Waals surface area contributed by atoms with E-state index in [1.165, 1.54) is 5.56 Å². The van der Waals surface area contributed by atoms with Gasteiger partial charge < -0.3 is 10.5 Å². The third-order valence-corrected chi connectivity index (χ3v) is 4.16. The van der Waals surface area contributed by atoms with E-state index in [4.69, 9.17) is 10.5 Å². The predicted octanol–water partition coefficient (Wildman–Crippen LogP) is 3.03. The Morgan fingerprint density at radius 2 is 1.86 bits per heavy atom. The van der Waals surface area contributed by atoms with Crippen LogP contribution in [0.25, 0.3) is 0 Å². The summed E-state index contributed by atoms with van der Waals surface area (Å²) in [6.07, 6.45) is 1.14. The summed E-state index contributed by atoms with van der Waals surface area (Å²) in [4.78, 5) is 2.42. The highest BCUT2D eigenvalue weighted by atomic mass is 16.5. The summed E-state index contributed by atoms with van der Waals surface area (Å²) in [6, 6.07) is 8.79. The van der Waals surface area contributed by atoms with Crippen LogP contribution < -0.4 is 10.5 Å². The lowest BCUT2D eigenvalue weighted by molar-refractivity contribution is 0.140. The number of likely N-dealkylation sites (tertiary alicyclic amines) is 1. The van der Waals surface area contributed by atoms with Gasteiger partial charge in [-0.05, 0) is 35.4 Å². The van der Waals surface area contributed by atoms with Crippen molar-refractivity contribution in [3.8, 4) is 5.75 Å². The highest BCUT2D eigenvalue weighted by Gasteiger charge is 2.21. The maximum atomic E-state index is 6.07. The normalized spacial score (nSPS) is 24.0. The lowest BCUT2D eigenvalue weighted by Crippen LogP contribution is -2.47. The van der Waals surface area contributed by atoms with Gasteiger partial charge in [0.2, 0.25) is 0 Å². The molecule has 3 nitrogen and oxygen atoms in total. The van der Waals surface area contributed by atoms with E-state index in [1.54, 1.807) is 0 Å². The molecular formula is C18H30N2O. The van der Waals surface area contributed by atoms with Gasteiger partial charge in [0.1, 0.15) is 12.4 Å². The fraction of sp³-hybridized carbons (Fsp3) is 0.667. The molecule has 1 aromatic rings. The second-order valence-electron chi connectivity index (χ2n) is 7.48. The van der Waals surface area contributed by atoms with Gasteiger partial charge in [-0.15, -0.1) is 0 Å². The molecule has 1 saturated heterocycles. The van der Waals surface area contributed by atoms with Crippen molar-refractivity contribution < 1.29 is 4.74 Å². The minimum Gasteiger partial charge on any atom is -0.492 e. The number of hydrogen-bond acceptors (Lipinski definition) is 3. The van der Waals surface area contributed by atoms with Crippen molar-refractivity contribution in [3.05, 3.63) is 29.8 Å². The molecule has 0 radical (unpaired) electrons. The van der Waals surface area contributed by atoms with Gasteiger partial charge in [-0.1, -0.05) is 39.8 Å². The van der Waals surface area contributed by atoms with E-state index in [1.807, 2.05) is 0 Å². The number of benzene rings is 1. The van der Waals surface area contributed by atoms with Crippen molar-refractivity contribution in [2.24, 2.45) is 11.7 Å². The van der Waals surface area contributed by atoms with E-state index in [0.717, 1.165) is 38.4 Å². The zero-order chi connectivity index (χ0) is 15.5. The second-order valence-corrected chi connectivity index (χ2v) is 7.48. The van der Waals surface area contributed by atoms with Gasteiger partial charge in [0.15, 0.2) is 0 Å². The third kappa shape index (κ3) is 5.01. The van der Waals surface area contributed by atoms with Gasteiger partial charge in [-0.2, -0.15) is 0 Å². The molecule has 118 valence electrons. The van der Waals surface area contributed by atoms with Gasteiger partial charge in [0, 0.05) is 25.7 Å². The first-order valence-electron chi connectivity index (χ1n) is 8.06. The Kier molecular flexibility index (Phi) is 5.28. The van der Waals surface area contributed by atoms with Gasteiger partial charge >= 0.3 is 0 Å². The van der Waals surface area contributed by atoms with Crippen molar-refractivity contribution in [2.45, 2.75) is 45.6 Å². The summed E-state index contributed by atoms with van der Waals surface area (Å²) >= 11 is 0. The molecule has 2 atom stereocenters. The van der Waals surface area contributed by atoms with Gasteiger partial charge in [0.25, 0.3) is 0 Å². The SMILES string of the molecule is CC1CC(N)CN(CCOc2ccc(C(C)(C)C)cc2)C1. The molecule has 2 unspecified atom stereocenters. The van der Waals surface area contributed by atoms with Gasteiger partial charge in [-0.25, -0.2) is 0 Å². The molecular weight excluding hydrogens is 260 g/mol. The Bertz CT molecular complexity index is 426.